The van der Waals surface area contributed by atoms with Gasteiger partial charge in [0.25, 0.3) is 0 Å². The molecule has 0 unspecified atom stereocenters. The molecule has 0 saturated heterocycles. The van der Waals surface area contributed by atoms with Crippen LogP contribution in [0.25, 0.3) is 0 Å². The Morgan fingerprint density at radius 1 is 0.324 bits per heavy atom. The van der Waals surface area contributed by atoms with Crippen molar-refractivity contribution in [3.05, 3.63) is 44.6 Å². The van der Waals surface area contributed by atoms with Crippen molar-refractivity contribution >= 4 is 24.0 Å². The monoisotopic (exact) mass is 630 g/mol. The average Bonchev–Trinajstić information content (AvgIpc) is 3.56. The van der Waals surface area contributed by atoms with Crippen LogP contribution in [0.2, 0.25) is 0 Å². The highest BCUT2D eigenvalue weighted by atomic mass is 127. The highest BCUT2D eigenvalue weighted by Crippen LogP contribution is 2.27. The van der Waals surface area contributed by atoms with Gasteiger partial charge in [-0.1, -0.05) is 72.3 Å². The van der Waals surface area contributed by atoms with E-state index in [4.69, 9.17) is 0 Å². The minimum absolute atomic E-state index is 0. The Morgan fingerprint density at radius 2 is 0.459 bits per heavy atom. The van der Waals surface area contributed by atoms with Crippen molar-refractivity contribution in [2.24, 2.45) is 0 Å². The zero-order valence-corrected chi connectivity index (χ0v) is 27.5. The van der Waals surface area contributed by atoms with Gasteiger partial charge in [-0.2, -0.15) is 0 Å². The molecule has 37 heavy (non-hydrogen) atoms. The van der Waals surface area contributed by atoms with Gasteiger partial charge in [-0.3, -0.25) is 0 Å². The van der Waals surface area contributed by atoms with Crippen molar-refractivity contribution in [2.75, 3.05) is 0 Å². The molecule has 0 aromatic rings. The van der Waals surface area contributed by atoms with E-state index in [-0.39, 0.29) is 40.3 Å². The third-order valence-corrected chi connectivity index (χ3v) is 8.16. The molecule has 0 atom stereocenters. The van der Waals surface area contributed by atoms with E-state index >= 15 is 0 Å². The van der Waals surface area contributed by atoms with Gasteiger partial charge in [0.15, 0.2) is 0 Å². The van der Waals surface area contributed by atoms with Gasteiger partial charge in [0.1, 0.15) is 0 Å². The summed E-state index contributed by atoms with van der Waals surface area (Å²) in [6.07, 6.45) is 25.4. The van der Waals surface area contributed by atoms with E-state index in [1.54, 1.807) is 44.6 Å². The summed E-state index contributed by atoms with van der Waals surface area (Å²) in [7, 11) is 0. The second kappa shape index (κ2) is 24.7. The first-order valence-electron chi connectivity index (χ1n) is 14.8. The predicted molar refractivity (Wildman–Crippen MR) is 188 cm³/mol. The molecule has 0 spiro atoms. The van der Waals surface area contributed by atoms with Crippen molar-refractivity contribution in [1.82, 2.24) is 0 Å². The first-order chi connectivity index (χ1) is 16.2. The lowest BCUT2D eigenvalue weighted by Gasteiger charge is -2.14. The van der Waals surface area contributed by atoms with E-state index in [2.05, 4.69) is 55.4 Å². The summed E-state index contributed by atoms with van der Waals surface area (Å²) in [5.74, 6) is 0. The third-order valence-electron chi connectivity index (χ3n) is 8.16. The first kappa shape index (κ1) is 41.2. The van der Waals surface area contributed by atoms with Gasteiger partial charge < -0.3 is 0 Å². The maximum absolute atomic E-state index is 2.24. The fraction of sp³-hybridized carbons (Fsp3) is 0.778. The number of rotatable bonds is 0. The van der Waals surface area contributed by atoms with Crippen LogP contribution in [0.15, 0.2) is 44.6 Å². The first-order valence-corrected chi connectivity index (χ1v) is 14.8. The summed E-state index contributed by atoms with van der Waals surface area (Å²) in [6, 6.07) is 0. The SMILES string of the molecule is C.C.CC(C)=C1CCCC1.CC(C)=C1CCCC1.CC(C)=C1CCCCC1.CC(C)=C1CCCCC1.I.[HH]. The van der Waals surface area contributed by atoms with Crippen LogP contribution in [0.5, 0.6) is 0 Å². The molecule has 4 saturated carbocycles. The Bertz CT molecular complexity index is 610. The molecule has 0 radical (unpaired) electrons. The predicted octanol–water partition coefficient (Wildman–Crippen LogP) is 14.5. The second-order valence-electron chi connectivity index (χ2n) is 11.9. The molecule has 0 N–H and O–H groups in total. The molecule has 0 aromatic heterocycles. The quantitative estimate of drug-likeness (QED) is 0.185. The Balaban J connectivity index is -0.000000196. The number of allylic oxidation sites excluding steroid dienone is 8. The molecular formula is C36H71I. The largest absolute Gasteiger partial charge is 0.107 e. The summed E-state index contributed by atoms with van der Waals surface area (Å²) >= 11 is 0. The third kappa shape index (κ3) is 19.4. The molecule has 1 heteroatoms. The Morgan fingerprint density at radius 3 is 0.568 bits per heavy atom. The molecule has 0 bridgehead atoms. The van der Waals surface area contributed by atoms with E-state index in [0.29, 0.717) is 0 Å². The number of hydrogen-bond acceptors (Lipinski definition) is 0. The smallest absolute Gasteiger partial charge is 0 e. The van der Waals surface area contributed by atoms with Crippen LogP contribution in [0.4, 0.5) is 0 Å². The zero-order valence-electron chi connectivity index (χ0n) is 25.1. The maximum Gasteiger partial charge on any atom is 0 e. The molecule has 4 rings (SSSR count). The molecular weight excluding hydrogens is 559 g/mol. The van der Waals surface area contributed by atoms with E-state index in [1.165, 1.54) is 116 Å². The van der Waals surface area contributed by atoms with Crippen LogP contribution in [0.3, 0.4) is 0 Å². The van der Waals surface area contributed by atoms with E-state index in [0.717, 1.165) is 0 Å². The minimum atomic E-state index is 0. The van der Waals surface area contributed by atoms with Crippen LogP contribution in [0.1, 0.15) is 187 Å². The summed E-state index contributed by atoms with van der Waals surface area (Å²) in [6.45, 7) is 17.8. The fourth-order valence-electron chi connectivity index (χ4n) is 5.56. The molecule has 0 heterocycles. The summed E-state index contributed by atoms with van der Waals surface area (Å²) < 4.78 is 0. The highest BCUT2D eigenvalue weighted by Gasteiger charge is 2.07. The fourth-order valence-corrected chi connectivity index (χ4v) is 5.56. The molecule has 0 aliphatic heterocycles. The van der Waals surface area contributed by atoms with Crippen LogP contribution in [-0.4, -0.2) is 0 Å². The van der Waals surface area contributed by atoms with Gasteiger partial charge in [-0.05, 0) is 158 Å². The Labute approximate surface area is 254 Å². The molecule has 4 aliphatic carbocycles. The standard InChI is InChI=1S/2C9H16.2C8H14.2CH4.HI.H2/c2*1-8(2)9-6-4-3-5-7-9;2*1-7(2)8-5-3-4-6-8;;;;/h2*3-7H2,1-2H3;2*3-6H2,1-2H3;2*1H4;2*1H. The Hall–Kier alpha value is -0.310. The van der Waals surface area contributed by atoms with Crippen LogP contribution in [-0.2, 0) is 0 Å². The van der Waals surface area contributed by atoms with Crippen molar-refractivity contribution < 1.29 is 1.43 Å². The van der Waals surface area contributed by atoms with E-state index in [1.807, 2.05) is 0 Å². The van der Waals surface area contributed by atoms with Crippen molar-refractivity contribution in [2.45, 2.75) is 186 Å². The lowest BCUT2D eigenvalue weighted by atomic mass is 9.92. The molecule has 0 nitrogen and oxygen atoms in total. The zero-order chi connectivity index (χ0) is 25.3. The van der Waals surface area contributed by atoms with Crippen LogP contribution < -0.4 is 0 Å². The van der Waals surface area contributed by atoms with E-state index < -0.39 is 0 Å². The number of hydrogen-bond donors (Lipinski definition) is 0. The van der Waals surface area contributed by atoms with Gasteiger partial charge in [-0.15, -0.1) is 24.0 Å². The van der Waals surface area contributed by atoms with Crippen molar-refractivity contribution in [1.29, 1.82) is 0 Å². The normalized spacial score (nSPS) is 18.2. The number of halogens is 1. The second-order valence-corrected chi connectivity index (χ2v) is 11.9. The van der Waals surface area contributed by atoms with Crippen LogP contribution >= 0.6 is 24.0 Å². The molecule has 0 aromatic carbocycles. The summed E-state index contributed by atoms with van der Waals surface area (Å²) in [5.41, 5.74) is 13.1. The van der Waals surface area contributed by atoms with Gasteiger partial charge in [0.05, 0.1) is 0 Å². The van der Waals surface area contributed by atoms with Crippen molar-refractivity contribution in [3.63, 3.8) is 0 Å². The molecule has 222 valence electrons. The van der Waals surface area contributed by atoms with Gasteiger partial charge in [0.2, 0.25) is 0 Å². The minimum Gasteiger partial charge on any atom is -0.107 e. The maximum atomic E-state index is 2.24. The molecule has 4 fully saturated rings. The highest BCUT2D eigenvalue weighted by molar-refractivity contribution is 14.0. The lowest BCUT2D eigenvalue weighted by molar-refractivity contribution is 0.593. The van der Waals surface area contributed by atoms with Crippen molar-refractivity contribution in [3.8, 4) is 0 Å². The van der Waals surface area contributed by atoms with Crippen LogP contribution in [0, 0.1) is 0 Å². The topological polar surface area (TPSA) is 0 Å². The van der Waals surface area contributed by atoms with Gasteiger partial charge in [-0.25, -0.2) is 0 Å². The molecule has 4 aliphatic rings. The van der Waals surface area contributed by atoms with Gasteiger partial charge in [0, 0.05) is 1.43 Å². The average molecular weight is 631 g/mol. The molecule has 0 amide bonds. The summed E-state index contributed by atoms with van der Waals surface area (Å²) in [5, 5.41) is 0. The van der Waals surface area contributed by atoms with Gasteiger partial charge >= 0.3 is 0 Å². The van der Waals surface area contributed by atoms with E-state index in [9.17, 15) is 0 Å². The lowest BCUT2D eigenvalue weighted by Crippen LogP contribution is -1.94. The summed E-state index contributed by atoms with van der Waals surface area (Å²) in [4.78, 5) is 0. The Kier molecular flexibility index (Phi) is 27.5.